The second kappa shape index (κ2) is 9.70. The quantitative estimate of drug-likeness (QED) is 0.366. The summed E-state index contributed by atoms with van der Waals surface area (Å²) < 4.78 is 16.5. The fourth-order valence-corrected chi connectivity index (χ4v) is 4.07. The Morgan fingerprint density at radius 2 is 1.66 bits per heavy atom. The molecule has 0 amide bonds. The normalized spacial score (nSPS) is 36.0. The van der Waals surface area contributed by atoms with Gasteiger partial charge in [-0.05, 0) is 13.3 Å². The zero-order chi connectivity index (χ0) is 24.5. The zero-order valence-electron chi connectivity index (χ0n) is 19.5. The first-order chi connectivity index (χ1) is 14.7. The summed E-state index contributed by atoms with van der Waals surface area (Å²) in [5.74, 6) is -5.69. The van der Waals surface area contributed by atoms with Crippen LogP contribution in [0.1, 0.15) is 54.4 Å². The van der Waals surface area contributed by atoms with Crippen molar-refractivity contribution in [2.24, 2.45) is 23.7 Å². The van der Waals surface area contributed by atoms with Gasteiger partial charge in [0, 0.05) is 17.9 Å². The molecule has 1 saturated carbocycles. The SMILES string of the molecule is C=C1C(=O)O[C@@H]2C1[C@H](OC(=O)C(C)C)C(=O)C(C)C[C@H](O)CC(C)(O)C2OC(=O)C(C)C. The van der Waals surface area contributed by atoms with E-state index in [2.05, 4.69) is 6.58 Å². The summed E-state index contributed by atoms with van der Waals surface area (Å²) >= 11 is 0. The molecular formula is C23H34O9. The van der Waals surface area contributed by atoms with E-state index in [-0.39, 0.29) is 18.4 Å². The molecule has 2 fully saturated rings. The molecule has 4 unspecified atom stereocenters. The molecule has 2 N–H and O–H groups in total. The van der Waals surface area contributed by atoms with E-state index in [9.17, 15) is 29.4 Å². The van der Waals surface area contributed by atoms with Crippen LogP contribution in [0.15, 0.2) is 12.2 Å². The molecule has 1 aliphatic carbocycles. The molecular weight excluding hydrogens is 420 g/mol. The first-order valence-electron chi connectivity index (χ1n) is 10.9. The van der Waals surface area contributed by atoms with E-state index >= 15 is 0 Å². The van der Waals surface area contributed by atoms with Crippen LogP contribution in [0, 0.1) is 23.7 Å². The molecule has 1 saturated heterocycles. The number of hydrogen-bond acceptors (Lipinski definition) is 9. The lowest BCUT2D eigenvalue weighted by Gasteiger charge is -2.41. The number of ether oxygens (including phenoxy) is 3. The smallest absolute Gasteiger partial charge is 0.334 e. The van der Waals surface area contributed by atoms with Crippen LogP contribution >= 0.6 is 0 Å². The van der Waals surface area contributed by atoms with Crippen molar-refractivity contribution in [3.8, 4) is 0 Å². The molecule has 2 aliphatic rings. The molecule has 180 valence electrons. The minimum Gasteiger partial charge on any atom is -0.455 e. The Kier molecular flexibility index (Phi) is 7.88. The van der Waals surface area contributed by atoms with Crippen molar-refractivity contribution >= 4 is 23.7 Å². The van der Waals surface area contributed by atoms with E-state index < -0.39 is 77.4 Å². The Balaban J connectivity index is 2.63. The van der Waals surface area contributed by atoms with Crippen LogP contribution in [0.3, 0.4) is 0 Å². The monoisotopic (exact) mass is 454 g/mol. The maximum atomic E-state index is 13.3. The predicted octanol–water partition coefficient (Wildman–Crippen LogP) is 1.33. The van der Waals surface area contributed by atoms with Crippen molar-refractivity contribution in [2.75, 3.05) is 0 Å². The Labute approximate surface area is 188 Å². The fraction of sp³-hybridized carbons (Fsp3) is 0.739. The number of rotatable bonds is 4. The highest BCUT2D eigenvalue weighted by Crippen LogP contribution is 2.41. The van der Waals surface area contributed by atoms with Gasteiger partial charge in [0.05, 0.1) is 23.9 Å². The van der Waals surface area contributed by atoms with Gasteiger partial charge in [-0.25, -0.2) is 4.79 Å². The molecule has 2 rings (SSSR count). The predicted molar refractivity (Wildman–Crippen MR) is 112 cm³/mol. The van der Waals surface area contributed by atoms with Crippen LogP contribution in [-0.2, 0) is 33.4 Å². The summed E-state index contributed by atoms with van der Waals surface area (Å²) in [6.07, 6.45) is -5.59. The number of carbonyl (C=O) groups is 4. The van der Waals surface area contributed by atoms with Crippen LogP contribution in [0.4, 0.5) is 0 Å². The van der Waals surface area contributed by atoms with Crippen molar-refractivity contribution in [3.63, 3.8) is 0 Å². The molecule has 7 atom stereocenters. The first kappa shape index (κ1) is 26.0. The summed E-state index contributed by atoms with van der Waals surface area (Å²) in [4.78, 5) is 50.6. The number of hydrogen-bond donors (Lipinski definition) is 2. The van der Waals surface area contributed by atoms with Crippen LogP contribution in [0.5, 0.6) is 0 Å². The molecule has 0 spiro atoms. The van der Waals surface area contributed by atoms with E-state index in [0.717, 1.165) is 0 Å². The number of ketones is 1. The average molecular weight is 455 g/mol. The molecule has 0 aromatic heterocycles. The summed E-state index contributed by atoms with van der Waals surface area (Å²) in [5.41, 5.74) is -1.93. The maximum absolute atomic E-state index is 13.3. The van der Waals surface area contributed by atoms with Gasteiger partial charge in [-0.2, -0.15) is 0 Å². The molecule has 9 heteroatoms. The van der Waals surface area contributed by atoms with E-state index in [1.807, 2.05) is 0 Å². The number of aliphatic hydroxyl groups is 2. The maximum Gasteiger partial charge on any atom is 0.334 e. The Morgan fingerprint density at radius 3 is 2.19 bits per heavy atom. The van der Waals surface area contributed by atoms with Crippen LogP contribution in [-0.4, -0.2) is 63.9 Å². The van der Waals surface area contributed by atoms with Gasteiger partial charge < -0.3 is 24.4 Å². The van der Waals surface area contributed by atoms with Gasteiger partial charge in [0.15, 0.2) is 24.1 Å². The topological polar surface area (TPSA) is 136 Å². The Hall–Kier alpha value is -2.26. The average Bonchev–Trinajstić information content (AvgIpc) is 2.95. The minimum absolute atomic E-state index is 0.0196. The summed E-state index contributed by atoms with van der Waals surface area (Å²) in [6, 6.07) is 0. The lowest BCUT2D eigenvalue weighted by molar-refractivity contribution is -0.199. The third-order valence-electron chi connectivity index (χ3n) is 5.97. The van der Waals surface area contributed by atoms with Gasteiger partial charge in [0.1, 0.15) is 5.60 Å². The highest BCUT2D eigenvalue weighted by molar-refractivity contribution is 5.95. The minimum atomic E-state index is -1.81. The molecule has 1 aliphatic heterocycles. The summed E-state index contributed by atoms with van der Waals surface area (Å²) in [7, 11) is 0. The van der Waals surface area contributed by atoms with Crippen molar-refractivity contribution < 1.29 is 43.6 Å². The van der Waals surface area contributed by atoms with Gasteiger partial charge in [0.25, 0.3) is 0 Å². The van der Waals surface area contributed by atoms with Crippen LogP contribution < -0.4 is 0 Å². The van der Waals surface area contributed by atoms with E-state index in [0.29, 0.717) is 0 Å². The van der Waals surface area contributed by atoms with Crippen molar-refractivity contribution in [1.29, 1.82) is 0 Å². The van der Waals surface area contributed by atoms with Gasteiger partial charge in [-0.3, -0.25) is 14.4 Å². The van der Waals surface area contributed by atoms with E-state index in [4.69, 9.17) is 14.2 Å². The second-order valence-corrected chi connectivity index (χ2v) is 9.70. The summed E-state index contributed by atoms with van der Waals surface area (Å²) in [5, 5.41) is 21.8. The largest absolute Gasteiger partial charge is 0.455 e. The molecule has 9 nitrogen and oxygen atoms in total. The number of Topliss-reactive ketones (excluding diaryl/α,β-unsaturated/α-hetero) is 1. The van der Waals surface area contributed by atoms with Crippen molar-refractivity contribution in [1.82, 2.24) is 0 Å². The number of fused-ring (bicyclic) bond motifs is 1. The molecule has 0 aromatic carbocycles. The number of aliphatic hydroxyl groups excluding tert-OH is 1. The van der Waals surface area contributed by atoms with Crippen LogP contribution in [0.2, 0.25) is 0 Å². The summed E-state index contributed by atoms with van der Waals surface area (Å²) in [6.45, 7) is 13.1. The van der Waals surface area contributed by atoms with Gasteiger partial charge >= 0.3 is 17.9 Å². The third kappa shape index (κ3) is 5.38. The Bertz CT molecular complexity index is 782. The molecule has 32 heavy (non-hydrogen) atoms. The molecule has 0 bridgehead atoms. The van der Waals surface area contributed by atoms with E-state index in [1.54, 1.807) is 34.6 Å². The fourth-order valence-electron chi connectivity index (χ4n) is 4.07. The van der Waals surface area contributed by atoms with Crippen molar-refractivity contribution in [3.05, 3.63) is 12.2 Å². The molecule has 0 radical (unpaired) electrons. The number of carbonyl (C=O) groups excluding carboxylic acids is 4. The highest BCUT2D eigenvalue weighted by Gasteiger charge is 2.57. The highest BCUT2D eigenvalue weighted by atomic mass is 16.6. The van der Waals surface area contributed by atoms with Gasteiger partial charge in [-0.15, -0.1) is 0 Å². The zero-order valence-corrected chi connectivity index (χ0v) is 19.5. The van der Waals surface area contributed by atoms with Crippen molar-refractivity contribution in [2.45, 2.75) is 84.4 Å². The lowest BCUT2D eigenvalue weighted by Crippen LogP contribution is -2.57. The van der Waals surface area contributed by atoms with Gasteiger partial charge in [-0.1, -0.05) is 41.2 Å². The van der Waals surface area contributed by atoms with E-state index in [1.165, 1.54) is 6.92 Å². The van der Waals surface area contributed by atoms with Crippen LogP contribution in [0.25, 0.3) is 0 Å². The molecule has 0 aromatic rings. The molecule has 1 heterocycles. The lowest BCUT2D eigenvalue weighted by atomic mass is 9.75. The Morgan fingerprint density at radius 1 is 1.12 bits per heavy atom. The van der Waals surface area contributed by atoms with Gasteiger partial charge in [0.2, 0.25) is 0 Å². The first-order valence-corrected chi connectivity index (χ1v) is 10.9. The second-order valence-electron chi connectivity index (χ2n) is 9.70. The third-order valence-corrected chi connectivity index (χ3v) is 5.97. The standard InChI is InChI=1S/C23H34O9/c1-10(2)20(26)30-17-15-13(6)22(28)31-18(15)19(32-21(27)11(3)4)23(7,29)9-14(24)8-12(5)16(17)25/h10-12,14-15,17-19,24,29H,6,8-9H2,1-5,7H3/t12?,14-,15?,17-,18+,19?,23?/m0/s1. The number of esters is 3.